The zero-order chi connectivity index (χ0) is 20.3. The Kier molecular flexibility index (Phi) is 3.70. The molecule has 146 valence electrons. The van der Waals surface area contributed by atoms with Crippen LogP contribution in [0.5, 0.6) is 5.75 Å². The molecule has 8 heteroatoms. The minimum absolute atomic E-state index is 0.0161. The molecule has 0 radical (unpaired) electrons. The van der Waals surface area contributed by atoms with Crippen LogP contribution in [0.4, 0.5) is 0 Å². The summed E-state index contributed by atoms with van der Waals surface area (Å²) in [5.74, 6) is -1.53. The van der Waals surface area contributed by atoms with Gasteiger partial charge in [-0.25, -0.2) is 4.79 Å². The standard InChI is InChI=1S/C21H16N2O6/c1-28-12-8-6-11(7-9-12)15-10-29-21(27)17-16(20(26)22(15)17)23-18(24)13-4-2-3-5-14(13)19(23)25/h2-9,15-17H,10H2,1H3/t15-,16-,17+/m1/s1. The van der Waals surface area contributed by atoms with Gasteiger partial charge < -0.3 is 14.4 Å². The summed E-state index contributed by atoms with van der Waals surface area (Å²) in [5.41, 5.74) is 1.25. The highest BCUT2D eigenvalue weighted by atomic mass is 16.5. The van der Waals surface area contributed by atoms with Crippen molar-refractivity contribution in [3.05, 3.63) is 65.2 Å². The van der Waals surface area contributed by atoms with Crippen molar-refractivity contribution in [1.29, 1.82) is 0 Å². The van der Waals surface area contributed by atoms with E-state index >= 15 is 0 Å². The molecule has 0 bridgehead atoms. The van der Waals surface area contributed by atoms with Gasteiger partial charge in [0.15, 0.2) is 12.1 Å². The Morgan fingerprint density at radius 2 is 1.52 bits per heavy atom. The molecular weight excluding hydrogens is 376 g/mol. The summed E-state index contributed by atoms with van der Waals surface area (Å²) in [5, 5.41) is 0. The number of hydrogen-bond acceptors (Lipinski definition) is 6. The molecule has 29 heavy (non-hydrogen) atoms. The molecule has 0 aliphatic carbocycles. The van der Waals surface area contributed by atoms with E-state index in [1.807, 2.05) is 0 Å². The molecule has 0 saturated carbocycles. The van der Waals surface area contributed by atoms with Crippen molar-refractivity contribution in [3.8, 4) is 5.75 Å². The number of cyclic esters (lactones) is 1. The van der Waals surface area contributed by atoms with Crippen LogP contribution in [0.15, 0.2) is 48.5 Å². The lowest BCUT2D eigenvalue weighted by molar-refractivity contribution is -0.191. The summed E-state index contributed by atoms with van der Waals surface area (Å²) in [6.45, 7) is 0.0161. The molecule has 3 amide bonds. The zero-order valence-electron chi connectivity index (χ0n) is 15.4. The Hall–Kier alpha value is -3.68. The topological polar surface area (TPSA) is 93.2 Å². The maximum absolute atomic E-state index is 13.0. The van der Waals surface area contributed by atoms with Gasteiger partial charge in [-0.15, -0.1) is 0 Å². The first-order chi connectivity index (χ1) is 14.0. The third kappa shape index (κ3) is 2.32. The average Bonchev–Trinajstić information content (AvgIpc) is 2.99. The summed E-state index contributed by atoms with van der Waals surface area (Å²) in [4.78, 5) is 53.3. The molecule has 2 fully saturated rings. The lowest BCUT2D eigenvalue weighted by atomic mass is 9.87. The maximum Gasteiger partial charge on any atom is 0.331 e. The van der Waals surface area contributed by atoms with Crippen LogP contribution in [0.25, 0.3) is 0 Å². The minimum atomic E-state index is -1.18. The number of ether oxygens (including phenoxy) is 2. The van der Waals surface area contributed by atoms with Crippen LogP contribution in [0.3, 0.4) is 0 Å². The third-order valence-corrected chi connectivity index (χ3v) is 5.67. The first-order valence-corrected chi connectivity index (χ1v) is 9.12. The smallest absolute Gasteiger partial charge is 0.331 e. The van der Waals surface area contributed by atoms with E-state index in [1.54, 1.807) is 43.5 Å². The molecule has 0 unspecified atom stereocenters. The van der Waals surface area contributed by atoms with Gasteiger partial charge in [-0.2, -0.15) is 0 Å². The number of fused-ring (bicyclic) bond motifs is 2. The van der Waals surface area contributed by atoms with E-state index in [0.717, 1.165) is 10.5 Å². The van der Waals surface area contributed by atoms with E-state index in [-0.39, 0.29) is 17.7 Å². The molecule has 0 aromatic heterocycles. The van der Waals surface area contributed by atoms with Crippen molar-refractivity contribution >= 4 is 23.7 Å². The molecule has 2 aromatic rings. The summed E-state index contributed by atoms with van der Waals surface area (Å²) in [6, 6.07) is 10.8. The molecule has 3 atom stereocenters. The van der Waals surface area contributed by atoms with Crippen molar-refractivity contribution in [1.82, 2.24) is 9.80 Å². The van der Waals surface area contributed by atoms with Gasteiger partial charge in [0.05, 0.1) is 24.3 Å². The number of rotatable bonds is 3. The monoisotopic (exact) mass is 392 g/mol. The fourth-order valence-electron chi connectivity index (χ4n) is 4.21. The number of carbonyl (C=O) groups excluding carboxylic acids is 4. The van der Waals surface area contributed by atoms with Crippen molar-refractivity contribution in [3.63, 3.8) is 0 Å². The largest absolute Gasteiger partial charge is 0.497 e. The van der Waals surface area contributed by atoms with Crippen LogP contribution in [-0.4, -0.2) is 59.3 Å². The normalized spacial score (nSPS) is 25.3. The predicted octanol–water partition coefficient (Wildman–Crippen LogP) is 1.17. The van der Waals surface area contributed by atoms with E-state index in [0.29, 0.717) is 5.75 Å². The van der Waals surface area contributed by atoms with Crippen LogP contribution in [0.1, 0.15) is 32.3 Å². The highest BCUT2D eigenvalue weighted by Gasteiger charge is 2.63. The highest BCUT2D eigenvalue weighted by Crippen LogP contribution is 2.41. The molecule has 2 aromatic carbocycles. The molecule has 5 rings (SSSR count). The third-order valence-electron chi connectivity index (χ3n) is 5.67. The molecule has 3 heterocycles. The summed E-state index contributed by atoms with van der Waals surface area (Å²) < 4.78 is 10.5. The van der Waals surface area contributed by atoms with Crippen molar-refractivity contribution in [2.24, 2.45) is 0 Å². The van der Waals surface area contributed by atoms with Gasteiger partial charge >= 0.3 is 5.97 Å². The van der Waals surface area contributed by atoms with Crippen molar-refractivity contribution in [2.45, 2.75) is 18.1 Å². The molecule has 3 aliphatic rings. The number of benzene rings is 2. The van der Waals surface area contributed by atoms with Gasteiger partial charge in [0, 0.05) is 0 Å². The fourth-order valence-corrected chi connectivity index (χ4v) is 4.21. The molecule has 3 aliphatic heterocycles. The minimum Gasteiger partial charge on any atom is -0.497 e. The predicted molar refractivity (Wildman–Crippen MR) is 98.1 cm³/mol. The second-order valence-corrected chi connectivity index (χ2v) is 7.08. The first-order valence-electron chi connectivity index (χ1n) is 9.12. The Morgan fingerprint density at radius 3 is 2.10 bits per heavy atom. The zero-order valence-corrected chi connectivity index (χ0v) is 15.4. The van der Waals surface area contributed by atoms with Gasteiger partial charge in [-0.05, 0) is 29.8 Å². The van der Waals surface area contributed by atoms with Crippen LogP contribution < -0.4 is 4.74 Å². The van der Waals surface area contributed by atoms with E-state index < -0.39 is 41.8 Å². The average molecular weight is 392 g/mol. The number of morpholine rings is 1. The number of imide groups is 1. The Morgan fingerprint density at radius 1 is 0.897 bits per heavy atom. The maximum atomic E-state index is 13.0. The van der Waals surface area contributed by atoms with Crippen LogP contribution in [0, 0.1) is 0 Å². The van der Waals surface area contributed by atoms with E-state index in [4.69, 9.17) is 9.47 Å². The number of β-lactam (4-membered cyclic amide) rings is 1. The van der Waals surface area contributed by atoms with Gasteiger partial charge in [-0.3, -0.25) is 19.3 Å². The molecule has 2 saturated heterocycles. The first kappa shape index (κ1) is 17.4. The Balaban J connectivity index is 1.47. The number of hydrogen-bond donors (Lipinski definition) is 0. The van der Waals surface area contributed by atoms with Gasteiger partial charge in [0.25, 0.3) is 11.8 Å². The van der Waals surface area contributed by atoms with E-state index in [1.165, 1.54) is 17.0 Å². The summed E-state index contributed by atoms with van der Waals surface area (Å²) in [6.07, 6.45) is 0. The number of nitrogens with zero attached hydrogens (tertiary/aromatic N) is 2. The van der Waals surface area contributed by atoms with E-state index in [2.05, 4.69) is 0 Å². The van der Waals surface area contributed by atoms with Gasteiger partial charge in [-0.1, -0.05) is 24.3 Å². The second kappa shape index (κ2) is 6.16. The SMILES string of the molecule is COc1ccc([C@H]2COC(=O)[C@@H]3[C@@H](N4C(=O)c5ccccc5C4=O)C(=O)N23)cc1. The van der Waals surface area contributed by atoms with Crippen molar-refractivity contribution < 1.29 is 28.7 Å². The van der Waals surface area contributed by atoms with Crippen molar-refractivity contribution in [2.75, 3.05) is 13.7 Å². The van der Waals surface area contributed by atoms with Gasteiger partial charge in [0.1, 0.15) is 12.4 Å². The van der Waals surface area contributed by atoms with Crippen LogP contribution in [0.2, 0.25) is 0 Å². The van der Waals surface area contributed by atoms with E-state index in [9.17, 15) is 19.2 Å². The molecule has 8 nitrogen and oxygen atoms in total. The van der Waals surface area contributed by atoms with Crippen LogP contribution >= 0.6 is 0 Å². The molecule has 0 N–H and O–H groups in total. The second-order valence-electron chi connectivity index (χ2n) is 7.08. The Labute approximate surface area is 165 Å². The quantitative estimate of drug-likeness (QED) is 0.442. The number of esters is 1. The molecular formula is C21H16N2O6. The fraction of sp³-hybridized carbons (Fsp3) is 0.238. The summed E-state index contributed by atoms with van der Waals surface area (Å²) >= 11 is 0. The Bertz CT molecular complexity index is 1030. The highest BCUT2D eigenvalue weighted by molar-refractivity contribution is 6.24. The lowest BCUT2D eigenvalue weighted by Crippen LogP contribution is -2.76. The summed E-state index contributed by atoms with van der Waals surface area (Å²) in [7, 11) is 1.55. The number of amides is 3. The van der Waals surface area contributed by atoms with Crippen LogP contribution in [-0.2, 0) is 14.3 Å². The molecule has 0 spiro atoms. The lowest BCUT2D eigenvalue weighted by Gasteiger charge is -2.53. The number of carbonyl (C=O) groups is 4. The number of methoxy groups -OCH3 is 1. The van der Waals surface area contributed by atoms with Gasteiger partial charge in [0.2, 0.25) is 5.91 Å².